The Hall–Kier alpha value is -1.99. The summed E-state index contributed by atoms with van der Waals surface area (Å²) in [6, 6.07) is 7.53. The lowest BCUT2D eigenvalue weighted by Gasteiger charge is -2.18. The summed E-state index contributed by atoms with van der Waals surface area (Å²) < 4.78 is 39.8. The van der Waals surface area contributed by atoms with Gasteiger partial charge in [-0.05, 0) is 48.4 Å². The van der Waals surface area contributed by atoms with E-state index in [1.807, 2.05) is 6.07 Å². The second-order valence-corrected chi connectivity index (χ2v) is 6.51. The third kappa shape index (κ3) is 3.03. The smallest absolute Gasteiger partial charge is 0.261 e. The number of aromatic nitrogens is 1. The quantitative estimate of drug-likeness (QED) is 0.846. The van der Waals surface area contributed by atoms with Gasteiger partial charge in [0.15, 0.2) is 0 Å². The zero-order chi connectivity index (χ0) is 14.9. The van der Waals surface area contributed by atoms with Crippen LogP contribution in [0.1, 0.15) is 11.1 Å². The van der Waals surface area contributed by atoms with Crippen LogP contribution >= 0.6 is 0 Å². The fourth-order valence-electron chi connectivity index (χ4n) is 2.27. The van der Waals surface area contributed by atoms with Crippen LogP contribution in [0.3, 0.4) is 0 Å². The average Bonchev–Trinajstić information content (AvgIpc) is 2.49. The van der Waals surface area contributed by atoms with Crippen LogP contribution in [0.15, 0.2) is 41.4 Å². The van der Waals surface area contributed by atoms with Crippen molar-refractivity contribution in [2.75, 3.05) is 11.3 Å². The minimum atomic E-state index is -3.69. The van der Waals surface area contributed by atoms with Crippen LogP contribution in [0.4, 0.5) is 10.1 Å². The molecule has 0 saturated carbocycles. The van der Waals surface area contributed by atoms with Gasteiger partial charge in [0.05, 0.1) is 16.8 Å². The lowest BCUT2D eigenvalue weighted by atomic mass is 10.0. The van der Waals surface area contributed by atoms with Crippen LogP contribution in [0.25, 0.3) is 0 Å². The van der Waals surface area contributed by atoms with Crippen molar-refractivity contribution in [2.24, 2.45) is 0 Å². The maximum absolute atomic E-state index is 12.7. The van der Waals surface area contributed by atoms with Gasteiger partial charge in [-0.1, -0.05) is 6.07 Å². The molecule has 2 N–H and O–H groups in total. The van der Waals surface area contributed by atoms with Crippen LogP contribution in [-0.4, -0.2) is 19.9 Å². The van der Waals surface area contributed by atoms with Crippen molar-refractivity contribution >= 4 is 15.7 Å². The first kappa shape index (κ1) is 14.0. The van der Waals surface area contributed by atoms with Crippen molar-refractivity contribution in [3.8, 4) is 0 Å². The lowest BCUT2D eigenvalue weighted by Crippen LogP contribution is -2.24. The molecule has 2 heterocycles. The number of nitrogens with zero attached hydrogens (tertiary/aromatic N) is 1. The monoisotopic (exact) mass is 307 g/mol. The first-order valence-electron chi connectivity index (χ1n) is 6.51. The number of rotatable bonds is 3. The van der Waals surface area contributed by atoms with Gasteiger partial charge in [0.1, 0.15) is 0 Å². The number of fused-ring (bicyclic) bond motifs is 1. The molecule has 0 spiro atoms. The van der Waals surface area contributed by atoms with Crippen LogP contribution < -0.4 is 10.0 Å². The molecule has 0 fully saturated rings. The number of anilines is 1. The molecule has 1 aliphatic heterocycles. The van der Waals surface area contributed by atoms with E-state index in [-0.39, 0.29) is 10.6 Å². The third-order valence-electron chi connectivity index (χ3n) is 3.35. The van der Waals surface area contributed by atoms with E-state index in [4.69, 9.17) is 0 Å². The van der Waals surface area contributed by atoms with E-state index in [1.165, 1.54) is 6.07 Å². The molecule has 1 aliphatic rings. The second kappa shape index (κ2) is 5.42. The van der Waals surface area contributed by atoms with Gasteiger partial charge in [-0.25, -0.2) is 13.4 Å². The van der Waals surface area contributed by atoms with E-state index in [9.17, 15) is 12.8 Å². The summed E-state index contributed by atoms with van der Waals surface area (Å²) in [6.45, 7) is 1.59. The Morgan fingerprint density at radius 1 is 1.19 bits per heavy atom. The first-order valence-corrected chi connectivity index (χ1v) is 8.00. The van der Waals surface area contributed by atoms with Crippen molar-refractivity contribution in [2.45, 2.75) is 17.9 Å². The predicted octanol–water partition coefficient (Wildman–Crippen LogP) is 1.67. The fraction of sp³-hybridized carbons (Fsp3) is 0.214. The summed E-state index contributed by atoms with van der Waals surface area (Å²) >= 11 is 0. The zero-order valence-corrected chi connectivity index (χ0v) is 12.0. The molecule has 2 aromatic rings. The summed E-state index contributed by atoms with van der Waals surface area (Å²) in [7, 11) is -3.69. The van der Waals surface area contributed by atoms with Gasteiger partial charge < -0.3 is 5.32 Å². The van der Waals surface area contributed by atoms with Crippen molar-refractivity contribution in [3.05, 3.63) is 53.6 Å². The van der Waals surface area contributed by atoms with Crippen molar-refractivity contribution in [1.29, 1.82) is 0 Å². The molecule has 0 amide bonds. The molecular formula is C14H14FN3O2S. The highest BCUT2D eigenvalue weighted by Gasteiger charge is 2.17. The number of hydrogen-bond donors (Lipinski definition) is 2. The van der Waals surface area contributed by atoms with Crippen molar-refractivity contribution < 1.29 is 12.8 Å². The molecule has 7 heteroatoms. The summed E-state index contributed by atoms with van der Waals surface area (Å²) in [4.78, 5) is 3.63. The van der Waals surface area contributed by atoms with Crippen molar-refractivity contribution in [1.82, 2.24) is 10.3 Å². The SMILES string of the molecule is O=S(=O)(Nc1ccc(F)nc1)c1ccc2c(c1)CCNC2. The summed E-state index contributed by atoms with van der Waals surface area (Å²) in [5.74, 6) is -0.653. The number of pyridine rings is 1. The van der Waals surface area contributed by atoms with E-state index in [1.54, 1.807) is 12.1 Å². The van der Waals surface area contributed by atoms with Crippen LogP contribution in [0, 0.1) is 5.95 Å². The maximum Gasteiger partial charge on any atom is 0.261 e. The predicted molar refractivity (Wildman–Crippen MR) is 76.9 cm³/mol. The molecule has 0 aliphatic carbocycles. The Kier molecular flexibility index (Phi) is 3.60. The summed E-state index contributed by atoms with van der Waals surface area (Å²) in [5, 5.41) is 3.24. The minimum absolute atomic E-state index is 0.201. The van der Waals surface area contributed by atoms with Gasteiger partial charge in [-0.15, -0.1) is 0 Å². The van der Waals surface area contributed by atoms with Gasteiger partial charge in [0.25, 0.3) is 10.0 Å². The Balaban J connectivity index is 1.89. The Bertz CT molecular complexity index is 760. The molecule has 0 bridgehead atoms. The van der Waals surface area contributed by atoms with Crippen LogP contribution in [0.2, 0.25) is 0 Å². The Morgan fingerprint density at radius 3 is 2.81 bits per heavy atom. The molecule has 0 radical (unpaired) electrons. The fourth-order valence-corrected chi connectivity index (χ4v) is 3.36. The van der Waals surface area contributed by atoms with Gasteiger partial charge in [-0.3, -0.25) is 4.72 Å². The molecule has 110 valence electrons. The number of benzene rings is 1. The normalized spacial score (nSPS) is 14.5. The standard InChI is InChI=1S/C14H14FN3O2S/c15-14-4-2-12(9-17-14)18-21(19,20)13-3-1-11-8-16-6-5-10(11)7-13/h1-4,7,9,16,18H,5-6,8H2. The topological polar surface area (TPSA) is 71.1 Å². The molecule has 0 atom stereocenters. The largest absolute Gasteiger partial charge is 0.312 e. The van der Waals surface area contributed by atoms with Gasteiger partial charge in [0, 0.05) is 6.54 Å². The van der Waals surface area contributed by atoms with Gasteiger partial charge in [-0.2, -0.15) is 4.39 Å². The Labute approximate surface area is 122 Å². The van der Waals surface area contributed by atoms with Crippen molar-refractivity contribution in [3.63, 3.8) is 0 Å². The van der Waals surface area contributed by atoms with E-state index in [0.29, 0.717) is 0 Å². The Morgan fingerprint density at radius 2 is 2.05 bits per heavy atom. The second-order valence-electron chi connectivity index (χ2n) is 4.83. The van der Waals surface area contributed by atoms with Crippen LogP contribution in [0.5, 0.6) is 0 Å². The average molecular weight is 307 g/mol. The highest BCUT2D eigenvalue weighted by atomic mass is 32.2. The third-order valence-corrected chi connectivity index (χ3v) is 4.73. The molecule has 3 rings (SSSR count). The zero-order valence-electron chi connectivity index (χ0n) is 11.1. The molecule has 1 aromatic carbocycles. The molecule has 5 nitrogen and oxygen atoms in total. The number of sulfonamides is 1. The maximum atomic E-state index is 12.7. The number of nitrogens with one attached hydrogen (secondary N) is 2. The molecule has 1 aromatic heterocycles. The molecule has 0 unspecified atom stereocenters. The van der Waals surface area contributed by atoms with E-state index >= 15 is 0 Å². The van der Waals surface area contributed by atoms with E-state index in [2.05, 4.69) is 15.0 Å². The number of hydrogen-bond acceptors (Lipinski definition) is 4. The van der Waals surface area contributed by atoms with Crippen LogP contribution in [-0.2, 0) is 23.0 Å². The van der Waals surface area contributed by atoms with Gasteiger partial charge in [0.2, 0.25) is 5.95 Å². The number of halogens is 1. The highest BCUT2D eigenvalue weighted by molar-refractivity contribution is 7.92. The lowest BCUT2D eigenvalue weighted by molar-refractivity contribution is 0.583. The minimum Gasteiger partial charge on any atom is -0.312 e. The molecular weight excluding hydrogens is 293 g/mol. The van der Waals surface area contributed by atoms with E-state index < -0.39 is 16.0 Å². The summed E-state index contributed by atoms with van der Waals surface area (Å²) in [5.41, 5.74) is 2.38. The first-order chi connectivity index (χ1) is 10.0. The highest BCUT2D eigenvalue weighted by Crippen LogP contribution is 2.21. The molecule has 21 heavy (non-hydrogen) atoms. The van der Waals surface area contributed by atoms with Gasteiger partial charge >= 0.3 is 0 Å². The summed E-state index contributed by atoms with van der Waals surface area (Å²) in [6.07, 6.45) is 1.95. The molecule has 0 saturated heterocycles. The van der Waals surface area contributed by atoms with E-state index in [0.717, 1.165) is 42.9 Å².